The molecule has 0 aliphatic heterocycles. The normalized spacial score (nSPS) is 13.5. The van der Waals surface area contributed by atoms with Gasteiger partial charge in [-0.05, 0) is 48.6 Å². The third-order valence-electron chi connectivity index (χ3n) is 6.70. The number of hydrogen-bond acceptors (Lipinski definition) is 4. The summed E-state index contributed by atoms with van der Waals surface area (Å²) in [6.45, 7) is 6.79. The molecule has 1 fully saturated rings. The average molecular weight is 492 g/mol. The first kappa shape index (κ1) is 25.6. The van der Waals surface area contributed by atoms with Crippen molar-refractivity contribution in [3.05, 3.63) is 59.8 Å². The lowest BCUT2D eigenvalue weighted by Gasteiger charge is -2.32. The SMILES string of the molecule is COc1ccc(CN(CCc2c[nH]c3ccccc23)C(=O)CN(C(=O)C(C)(C)C)C2CC2)cc1OC. The molecule has 36 heavy (non-hydrogen) atoms. The lowest BCUT2D eigenvalue weighted by Crippen LogP contribution is -2.47. The number of H-pyrrole nitrogens is 1. The van der Waals surface area contributed by atoms with E-state index >= 15 is 0 Å². The minimum atomic E-state index is -0.527. The summed E-state index contributed by atoms with van der Waals surface area (Å²) in [5.74, 6) is 1.25. The first-order valence-corrected chi connectivity index (χ1v) is 12.6. The lowest BCUT2D eigenvalue weighted by molar-refractivity contribution is -0.146. The van der Waals surface area contributed by atoms with Crippen molar-refractivity contribution >= 4 is 22.7 Å². The van der Waals surface area contributed by atoms with Gasteiger partial charge in [-0.25, -0.2) is 0 Å². The fourth-order valence-corrected chi connectivity index (χ4v) is 4.51. The molecular formula is C29H37N3O4. The van der Waals surface area contributed by atoms with Crippen LogP contribution in [0.25, 0.3) is 10.9 Å². The molecule has 0 unspecified atom stereocenters. The van der Waals surface area contributed by atoms with Crippen LogP contribution >= 0.6 is 0 Å². The van der Waals surface area contributed by atoms with Crippen molar-refractivity contribution in [3.8, 4) is 11.5 Å². The van der Waals surface area contributed by atoms with E-state index in [1.54, 1.807) is 19.1 Å². The standard InChI is InChI=1S/C29H37N3O4/c1-29(2,3)28(34)32(22-11-12-22)19-27(33)31(18-20-10-13-25(35-4)26(16-20)36-5)15-14-21-17-30-24-9-7-6-8-23(21)24/h6-10,13,16-17,22,30H,11-12,14-15,18-19H2,1-5H3. The molecule has 192 valence electrons. The maximum Gasteiger partial charge on any atom is 0.242 e. The van der Waals surface area contributed by atoms with Gasteiger partial charge in [0.15, 0.2) is 11.5 Å². The Bertz CT molecular complexity index is 1220. The van der Waals surface area contributed by atoms with Crippen LogP contribution in [0.3, 0.4) is 0 Å². The van der Waals surface area contributed by atoms with Crippen molar-refractivity contribution in [1.29, 1.82) is 0 Å². The number of aromatic nitrogens is 1. The van der Waals surface area contributed by atoms with Crippen molar-refractivity contribution < 1.29 is 19.1 Å². The number of nitrogens with one attached hydrogen (secondary N) is 1. The number of fused-ring (bicyclic) bond motifs is 1. The molecule has 1 aromatic heterocycles. The van der Waals surface area contributed by atoms with E-state index in [1.165, 1.54) is 10.9 Å². The molecule has 1 aliphatic rings. The number of carbonyl (C=O) groups excluding carboxylic acids is 2. The fraction of sp³-hybridized carbons (Fsp3) is 0.448. The highest BCUT2D eigenvalue weighted by molar-refractivity contribution is 5.88. The van der Waals surface area contributed by atoms with E-state index in [0.717, 1.165) is 23.9 Å². The Labute approximate surface area is 213 Å². The molecule has 1 saturated carbocycles. The van der Waals surface area contributed by atoms with E-state index in [-0.39, 0.29) is 24.4 Å². The van der Waals surface area contributed by atoms with Crippen molar-refractivity contribution in [2.24, 2.45) is 5.41 Å². The van der Waals surface area contributed by atoms with E-state index < -0.39 is 5.41 Å². The van der Waals surface area contributed by atoms with E-state index in [2.05, 4.69) is 17.1 Å². The second kappa shape index (κ2) is 10.6. The number of amides is 2. The van der Waals surface area contributed by atoms with Crippen molar-refractivity contribution in [2.45, 2.75) is 52.6 Å². The molecule has 7 nitrogen and oxygen atoms in total. The summed E-state index contributed by atoms with van der Waals surface area (Å²) >= 11 is 0. The fourth-order valence-electron chi connectivity index (χ4n) is 4.51. The zero-order valence-corrected chi connectivity index (χ0v) is 22.0. The Kier molecular flexibility index (Phi) is 7.57. The Morgan fingerprint density at radius 2 is 1.75 bits per heavy atom. The quantitative estimate of drug-likeness (QED) is 0.442. The Balaban J connectivity index is 1.56. The van der Waals surface area contributed by atoms with Crippen molar-refractivity contribution in [1.82, 2.24) is 14.8 Å². The number of rotatable bonds is 10. The number of carbonyl (C=O) groups is 2. The Morgan fingerprint density at radius 1 is 1.03 bits per heavy atom. The Morgan fingerprint density at radius 3 is 2.42 bits per heavy atom. The zero-order chi connectivity index (χ0) is 25.9. The maximum absolute atomic E-state index is 13.7. The molecule has 0 atom stereocenters. The molecule has 1 heterocycles. The molecular weight excluding hydrogens is 454 g/mol. The summed E-state index contributed by atoms with van der Waals surface area (Å²) in [5.41, 5.74) is 2.67. The predicted octanol–water partition coefficient (Wildman–Crippen LogP) is 4.79. The highest BCUT2D eigenvalue weighted by atomic mass is 16.5. The van der Waals surface area contributed by atoms with Gasteiger partial charge in [-0.2, -0.15) is 0 Å². The van der Waals surface area contributed by atoms with Gasteiger partial charge in [0.05, 0.1) is 14.2 Å². The second-order valence-electron chi connectivity index (χ2n) is 10.5. The summed E-state index contributed by atoms with van der Waals surface area (Å²) < 4.78 is 10.8. The minimum Gasteiger partial charge on any atom is -0.493 e. The van der Waals surface area contributed by atoms with Crippen LogP contribution in [0.2, 0.25) is 0 Å². The van der Waals surface area contributed by atoms with Gasteiger partial charge in [-0.1, -0.05) is 45.0 Å². The third kappa shape index (κ3) is 5.83. The van der Waals surface area contributed by atoms with Crippen LogP contribution in [0.4, 0.5) is 0 Å². The molecule has 0 bridgehead atoms. The number of methoxy groups -OCH3 is 2. The second-order valence-corrected chi connectivity index (χ2v) is 10.5. The van der Waals surface area contributed by atoms with Gasteiger partial charge in [-0.3, -0.25) is 9.59 Å². The summed E-state index contributed by atoms with van der Waals surface area (Å²) in [6, 6.07) is 14.1. The van der Waals surface area contributed by atoms with E-state index in [4.69, 9.17) is 9.47 Å². The van der Waals surface area contributed by atoms with Gasteiger partial charge in [0.25, 0.3) is 0 Å². The summed E-state index contributed by atoms with van der Waals surface area (Å²) in [4.78, 5) is 33.8. The van der Waals surface area contributed by atoms with Crippen molar-refractivity contribution in [2.75, 3.05) is 27.3 Å². The third-order valence-corrected chi connectivity index (χ3v) is 6.70. The smallest absolute Gasteiger partial charge is 0.242 e. The molecule has 1 aliphatic carbocycles. The van der Waals surface area contributed by atoms with Crippen LogP contribution in [0.1, 0.15) is 44.7 Å². The topological polar surface area (TPSA) is 74.9 Å². The molecule has 2 aromatic carbocycles. The van der Waals surface area contributed by atoms with Crippen LogP contribution in [0.5, 0.6) is 11.5 Å². The first-order chi connectivity index (χ1) is 17.2. The van der Waals surface area contributed by atoms with Gasteiger partial charge >= 0.3 is 0 Å². The van der Waals surface area contributed by atoms with Crippen molar-refractivity contribution in [3.63, 3.8) is 0 Å². The number of benzene rings is 2. The summed E-state index contributed by atoms with van der Waals surface area (Å²) in [6.07, 6.45) is 4.64. The van der Waals surface area contributed by atoms with E-state index in [9.17, 15) is 9.59 Å². The number of para-hydroxylation sites is 1. The predicted molar refractivity (Wildman–Crippen MR) is 141 cm³/mol. The minimum absolute atomic E-state index is 0.0287. The largest absolute Gasteiger partial charge is 0.493 e. The zero-order valence-electron chi connectivity index (χ0n) is 22.0. The molecule has 1 N–H and O–H groups in total. The molecule has 0 radical (unpaired) electrons. The number of nitrogens with zero attached hydrogens (tertiary/aromatic N) is 2. The molecule has 2 amide bonds. The highest BCUT2D eigenvalue weighted by Crippen LogP contribution is 2.32. The van der Waals surface area contributed by atoms with Crippen LogP contribution in [0, 0.1) is 5.41 Å². The van der Waals surface area contributed by atoms with Gasteiger partial charge < -0.3 is 24.3 Å². The summed E-state index contributed by atoms with van der Waals surface area (Å²) in [7, 11) is 3.21. The molecule has 4 rings (SSSR count). The monoisotopic (exact) mass is 491 g/mol. The first-order valence-electron chi connectivity index (χ1n) is 12.6. The highest BCUT2D eigenvalue weighted by Gasteiger charge is 2.39. The number of hydrogen-bond donors (Lipinski definition) is 1. The lowest BCUT2D eigenvalue weighted by atomic mass is 9.94. The molecule has 0 saturated heterocycles. The summed E-state index contributed by atoms with van der Waals surface area (Å²) in [5, 5.41) is 1.17. The van der Waals surface area contributed by atoms with Gasteiger partial charge in [0, 0.05) is 41.6 Å². The van der Waals surface area contributed by atoms with E-state index in [0.29, 0.717) is 31.0 Å². The number of ether oxygens (including phenoxy) is 2. The van der Waals surface area contributed by atoms with Crippen LogP contribution < -0.4 is 9.47 Å². The average Bonchev–Trinajstić information content (AvgIpc) is 3.63. The molecule has 7 heteroatoms. The molecule has 3 aromatic rings. The van der Waals surface area contributed by atoms with Gasteiger partial charge in [0.2, 0.25) is 11.8 Å². The van der Waals surface area contributed by atoms with E-state index in [1.807, 2.05) is 62.2 Å². The Hall–Kier alpha value is -3.48. The number of aromatic amines is 1. The van der Waals surface area contributed by atoms with Gasteiger partial charge in [-0.15, -0.1) is 0 Å². The van der Waals surface area contributed by atoms with Crippen LogP contribution in [-0.4, -0.2) is 59.9 Å². The molecule has 0 spiro atoms. The van der Waals surface area contributed by atoms with Gasteiger partial charge in [0.1, 0.15) is 6.54 Å². The maximum atomic E-state index is 13.7. The van der Waals surface area contributed by atoms with Crippen LogP contribution in [-0.2, 0) is 22.6 Å². The van der Waals surface area contributed by atoms with Crippen LogP contribution in [0.15, 0.2) is 48.7 Å².